The first-order valence-electron chi connectivity index (χ1n) is 4.46. The lowest BCUT2D eigenvalue weighted by Crippen LogP contribution is -2.11. The number of nitrogen functional groups attached to an aromatic ring is 1. The van der Waals surface area contributed by atoms with E-state index in [-0.39, 0.29) is 9.90 Å². The monoisotopic (exact) mass is 273 g/mol. The van der Waals surface area contributed by atoms with E-state index in [4.69, 9.17) is 5.73 Å². The van der Waals surface area contributed by atoms with Crippen LogP contribution < -0.4 is 10.5 Å². The van der Waals surface area contributed by atoms with E-state index in [1.165, 1.54) is 17.5 Å². The molecule has 3 N–H and O–H groups in total. The van der Waals surface area contributed by atoms with E-state index in [9.17, 15) is 12.8 Å². The number of nitrogens with one attached hydrogen (secondary N) is 1. The zero-order chi connectivity index (χ0) is 12.5. The highest BCUT2D eigenvalue weighted by Crippen LogP contribution is 2.23. The number of halogens is 1. The molecule has 0 aliphatic heterocycles. The van der Waals surface area contributed by atoms with Gasteiger partial charge in [0, 0.05) is 11.1 Å². The summed E-state index contributed by atoms with van der Waals surface area (Å²) >= 11 is 1.01. The maximum atomic E-state index is 12.5. The van der Waals surface area contributed by atoms with E-state index in [1.54, 1.807) is 0 Å². The first-order valence-corrected chi connectivity index (χ1v) is 6.82. The first-order chi connectivity index (χ1) is 7.97. The minimum atomic E-state index is -3.68. The minimum absolute atomic E-state index is 0.0966. The van der Waals surface area contributed by atoms with Gasteiger partial charge in [0.1, 0.15) is 4.21 Å². The van der Waals surface area contributed by atoms with Crippen LogP contribution in [0.15, 0.2) is 34.0 Å². The fourth-order valence-electron chi connectivity index (χ4n) is 1.11. The molecule has 2 aromatic heterocycles. The van der Waals surface area contributed by atoms with Crippen LogP contribution in [0.5, 0.6) is 0 Å². The van der Waals surface area contributed by atoms with Gasteiger partial charge in [-0.05, 0) is 18.2 Å². The van der Waals surface area contributed by atoms with Gasteiger partial charge in [-0.2, -0.15) is 4.39 Å². The summed E-state index contributed by atoms with van der Waals surface area (Å²) in [7, 11) is -3.68. The third-order valence-corrected chi connectivity index (χ3v) is 4.68. The number of nitrogens with two attached hydrogens (primary N) is 1. The topological polar surface area (TPSA) is 85.1 Å². The van der Waals surface area contributed by atoms with E-state index in [1.807, 2.05) is 0 Å². The third kappa shape index (κ3) is 2.71. The van der Waals surface area contributed by atoms with Crippen LogP contribution in [0.4, 0.5) is 15.8 Å². The van der Waals surface area contributed by atoms with Gasteiger partial charge in [0.2, 0.25) is 5.95 Å². The lowest BCUT2D eigenvalue weighted by molar-refractivity contribution is 0.583. The molecule has 0 saturated heterocycles. The third-order valence-electron chi connectivity index (χ3n) is 1.84. The van der Waals surface area contributed by atoms with Gasteiger partial charge in [0.25, 0.3) is 10.0 Å². The van der Waals surface area contributed by atoms with Gasteiger partial charge in [-0.1, -0.05) is 0 Å². The summed E-state index contributed by atoms with van der Waals surface area (Å²) in [4.78, 5) is 3.35. The van der Waals surface area contributed by atoms with Gasteiger partial charge >= 0.3 is 0 Å². The molecule has 0 fully saturated rings. The molecular formula is C9H8FN3O2S2. The van der Waals surface area contributed by atoms with Crippen LogP contribution in [0, 0.1) is 5.95 Å². The van der Waals surface area contributed by atoms with Gasteiger partial charge in [-0.25, -0.2) is 13.4 Å². The molecule has 2 heterocycles. The summed E-state index contributed by atoms with van der Waals surface area (Å²) in [5, 5.41) is 1.53. The van der Waals surface area contributed by atoms with Crippen LogP contribution in [0.1, 0.15) is 0 Å². The number of thiophene rings is 1. The Labute approximate surface area is 101 Å². The number of nitrogens with zero attached hydrogens (tertiary/aromatic N) is 1. The summed E-state index contributed by atoms with van der Waals surface area (Å²) in [5.74, 6) is -0.673. The molecule has 2 aromatic rings. The van der Waals surface area contributed by atoms with Crippen LogP contribution in [0.25, 0.3) is 0 Å². The van der Waals surface area contributed by atoms with E-state index >= 15 is 0 Å². The summed E-state index contributed by atoms with van der Waals surface area (Å²) in [6.07, 6.45) is 1.10. The Morgan fingerprint density at radius 1 is 1.41 bits per heavy atom. The molecule has 8 heteroatoms. The standard InChI is InChI=1S/C9H8FN3O2S2/c10-8-2-1-7(4-12-8)13-17(14,15)9-3-6(11)5-16-9/h1-5,13H,11H2. The second kappa shape index (κ2) is 4.30. The average molecular weight is 273 g/mol. The molecule has 0 aliphatic rings. The Hall–Kier alpha value is -1.67. The van der Waals surface area contributed by atoms with Crippen molar-refractivity contribution in [2.45, 2.75) is 4.21 Å². The molecule has 0 amide bonds. The van der Waals surface area contributed by atoms with Crippen molar-refractivity contribution in [3.8, 4) is 0 Å². The Morgan fingerprint density at radius 2 is 2.18 bits per heavy atom. The van der Waals surface area contributed by atoms with Crippen LogP contribution in [-0.4, -0.2) is 13.4 Å². The van der Waals surface area contributed by atoms with Crippen molar-refractivity contribution >= 4 is 32.7 Å². The number of hydrogen-bond acceptors (Lipinski definition) is 5. The van der Waals surface area contributed by atoms with E-state index < -0.39 is 16.0 Å². The number of sulfonamides is 1. The van der Waals surface area contributed by atoms with E-state index in [2.05, 4.69) is 9.71 Å². The summed E-state index contributed by atoms with van der Waals surface area (Å²) in [5.41, 5.74) is 6.02. The lowest BCUT2D eigenvalue weighted by Gasteiger charge is -2.04. The van der Waals surface area contributed by atoms with E-state index in [0.717, 1.165) is 23.6 Å². The highest BCUT2D eigenvalue weighted by atomic mass is 32.2. The maximum absolute atomic E-state index is 12.5. The molecule has 0 unspecified atom stereocenters. The second-order valence-corrected chi connectivity index (χ2v) is 5.99. The minimum Gasteiger partial charge on any atom is -0.398 e. The van der Waals surface area contributed by atoms with Crippen molar-refractivity contribution in [1.29, 1.82) is 0 Å². The number of aromatic nitrogens is 1. The largest absolute Gasteiger partial charge is 0.398 e. The number of rotatable bonds is 3. The van der Waals surface area contributed by atoms with Crippen molar-refractivity contribution in [3.63, 3.8) is 0 Å². The van der Waals surface area contributed by atoms with Gasteiger partial charge in [-0.3, -0.25) is 4.72 Å². The molecule has 0 aliphatic carbocycles. The van der Waals surface area contributed by atoms with Crippen molar-refractivity contribution in [3.05, 3.63) is 35.7 Å². The average Bonchev–Trinajstić information content (AvgIpc) is 2.69. The van der Waals surface area contributed by atoms with Gasteiger partial charge in [0.15, 0.2) is 0 Å². The highest BCUT2D eigenvalue weighted by molar-refractivity contribution is 7.94. The van der Waals surface area contributed by atoms with Gasteiger partial charge < -0.3 is 5.73 Å². The Morgan fingerprint density at radius 3 is 2.71 bits per heavy atom. The van der Waals surface area contributed by atoms with Crippen LogP contribution in [0.3, 0.4) is 0 Å². The molecule has 0 saturated carbocycles. The van der Waals surface area contributed by atoms with Gasteiger partial charge in [-0.15, -0.1) is 11.3 Å². The molecular weight excluding hydrogens is 265 g/mol. The van der Waals surface area contributed by atoms with Crippen molar-refractivity contribution in [2.24, 2.45) is 0 Å². The van der Waals surface area contributed by atoms with E-state index in [0.29, 0.717) is 5.69 Å². The molecule has 90 valence electrons. The van der Waals surface area contributed by atoms with Crippen LogP contribution in [-0.2, 0) is 10.0 Å². The van der Waals surface area contributed by atoms with Crippen LogP contribution in [0.2, 0.25) is 0 Å². The number of pyridine rings is 1. The maximum Gasteiger partial charge on any atom is 0.271 e. The number of hydrogen-bond donors (Lipinski definition) is 2. The fourth-order valence-corrected chi connectivity index (χ4v) is 3.24. The Kier molecular flexibility index (Phi) is 2.99. The molecule has 0 atom stereocenters. The predicted molar refractivity (Wildman–Crippen MR) is 63.7 cm³/mol. The zero-order valence-corrected chi connectivity index (χ0v) is 10.1. The summed E-state index contributed by atoms with van der Waals surface area (Å²) in [6, 6.07) is 3.71. The quantitative estimate of drug-likeness (QED) is 0.833. The SMILES string of the molecule is Nc1csc(S(=O)(=O)Nc2ccc(F)nc2)c1. The molecule has 2 rings (SSSR count). The molecule has 0 radical (unpaired) electrons. The molecule has 0 aromatic carbocycles. The number of anilines is 2. The summed E-state index contributed by atoms with van der Waals surface area (Å²) < 4.78 is 38.6. The normalized spacial score (nSPS) is 11.4. The Bertz CT molecular complexity index is 622. The summed E-state index contributed by atoms with van der Waals surface area (Å²) in [6.45, 7) is 0. The lowest BCUT2D eigenvalue weighted by atomic mass is 10.4. The smallest absolute Gasteiger partial charge is 0.271 e. The molecule has 5 nitrogen and oxygen atoms in total. The highest BCUT2D eigenvalue weighted by Gasteiger charge is 2.16. The molecule has 17 heavy (non-hydrogen) atoms. The predicted octanol–water partition coefficient (Wildman–Crippen LogP) is 1.67. The molecule has 0 bridgehead atoms. The van der Waals surface area contributed by atoms with Gasteiger partial charge in [0.05, 0.1) is 11.9 Å². The van der Waals surface area contributed by atoms with Crippen LogP contribution >= 0.6 is 11.3 Å². The van der Waals surface area contributed by atoms with Crippen molar-refractivity contribution in [1.82, 2.24) is 4.98 Å². The zero-order valence-electron chi connectivity index (χ0n) is 8.42. The Balaban J connectivity index is 2.26. The first kappa shape index (κ1) is 11.8. The fraction of sp³-hybridized carbons (Fsp3) is 0. The second-order valence-electron chi connectivity index (χ2n) is 3.17. The van der Waals surface area contributed by atoms with Crippen molar-refractivity contribution < 1.29 is 12.8 Å². The van der Waals surface area contributed by atoms with Crippen molar-refractivity contribution in [2.75, 3.05) is 10.5 Å². The molecule has 0 spiro atoms.